The van der Waals surface area contributed by atoms with Crippen LogP contribution in [0.4, 0.5) is 14.5 Å². The first-order chi connectivity index (χ1) is 12.4. The second-order valence-corrected chi connectivity index (χ2v) is 5.60. The van der Waals surface area contributed by atoms with Crippen LogP contribution in [0.3, 0.4) is 0 Å². The third kappa shape index (κ3) is 6.51. The van der Waals surface area contributed by atoms with Crippen molar-refractivity contribution in [2.75, 3.05) is 18.5 Å². The first kappa shape index (κ1) is 19.4. The Labute approximate surface area is 149 Å². The SMILES string of the molecule is Cc1cccc(OCCCC(=O)OCC(=O)Nc2ccc(F)cc2F)c1. The molecule has 0 bridgehead atoms. The van der Waals surface area contributed by atoms with E-state index in [0.717, 1.165) is 23.4 Å². The van der Waals surface area contributed by atoms with Gasteiger partial charge in [0, 0.05) is 12.5 Å². The number of nitrogens with one attached hydrogen (secondary N) is 1. The number of anilines is 1. The van der Waals surface area contributed by atoms with Gasteiger partial charge in [0.05, 0.1) is 12.3 Å². The second kappa shape index (κ2) is 9.50. The fourth-order valence-corrected chi connectivity index (χ4v) is 2.11. The van der Waals surface area contributed by atoms with Crippen LogP contribution >= 0.6 is 0 Å². The highest BCUT2D eigenvalue weighted by atomic mass is 19.1. The molecular weight excluding hydrogens is 344 g/mol. The van der Waals surface area contributed by atoms with Gasteiger partial charge in [-0.25, -0.2) is 8.78 Å². The molecule has 0 aliphatic carbocycles. The summed E-state index contributed by atoms with van der Waals surface area (Å²) in [6.07, 6.45) is 0.519. The zero-order chi connectivity index (χ0) is 18.9. The predicted molar refractivity (Wildman–Crippen MR) is 91.9 cm³/mol. The fraction of sp³-hybridized carbons (Fsp3) is 0.263. The second-order valence-electron chi connectivity index (χ2n) is 5.60. The maximum atomic E-state index is 13.4. The number of halogens is 2. The summed E-state index contributed by atoms with van der Waals surface area (Å²) in [4.78, 5) is 23.2. The summed E-state index contributed by atoms with van der Waals surface area (Å²) in [7, 11) is 0. The van der Waals surface area contributed by atoms with Crippen molar-refractivity contribution in [3.8, 4) is 5.75 Å². The van der Waals surface area contributed by atoms with Gasteiger partial charge in [-0.15, -0.1) is 0 Å². The quantitative estimate of drug-likeness (QED) is 0.575. The molecule has 0 radical (unpaired) electrons. The maximum Gasteiger partial charge on any atom is 0.306 e. The van der Waals surface area contributed by atoms with Gasteiger partial charge < -0.3 is 14.8 Å². The summed E-state index contributed by atoms with van der Waals surface area (Å²) in [6, 6.07) is 10.3. The van der Waals surface area contributed by atoms with Gasteiger partial charge in [-0.05, 0) is 43.2 Å². The van der Waals surface area contributed by atoms with Crippen molar-refractivity contribution in [1.82, 2.24) is 0 Å². The summed E-state index contributed by atoms with van der Waals surface area (Å²) in [6.45, 7) is 1.74. The third-order valence-corrected chi connectivity index (χ3v) is 3.35. The molecule has 0 saturated heterocycles. The lowest BCUT2D eigenvalue weighted by atomic mass is 10.2. The van der Waals surface area contributed by atoms with Crippen molar-refractivity contribution >= 4 is 17.6 Å². The molecule has 2 aromatic rings. The molecule has 26 heavy (non-hydrogen) atoms. The van der Waals surface area contributed by atoms with Gasteiger partial charge in [0.25, 0.3) is 5.91 Å². The molecular formula is C19H19F2NO4. The van der Waals surface area contributed by atoms with Crippen molar-refractivity contribution in [3.05, 3.63) is 59.7 Å². The zero-order valence-corrected chi connectivity index (χ0v) is 14.3. The number of amides is 1. The number of esters is 1. The van der Waals surface area contributed by atoms with Crippen molar-refractivity contribution in [3.63, 3.8) is 0 Å². The lowest BCUT2D eigenvalue weighted by Gasteiger charge is -2.08. The molecule has 7 heteroatoms. The van der Waals surface area contributed by atoms with Crippen LogP contribution < -0.4 is 10.1 Å². The highest BCUT2D eigenvalue weighted by Gasteiger charge is 2.11. The standard InChI is InChI=1S/C19H19F2NO4/c1-13-4-2-5-15(10-13)25-9-3-6-19(24)26-12-18(23)22-17-8-7-14(20)11-16(17)21/h2,4-5,7-8,10-11H,3,6,9,12H2,1H3,(H,22,23). The summed E-state index contributed by atoms with van der Waals surface area (Å²) >= 11 is 0. The molecule has 1 N–H and O–H groups in total. The Balaban J connectivity index is 1.64. The van der Waals surface area contributed by atoms with Crippen molar-refractivity contribution in [2.24, 2.45) is 0 Å². The fourth-order valence-electron chi connectivity index (χ4n) is 2.11. The van der Waals surface area contributed by atoms with Gasteiger partial charge >= 0.3 is 5.97 Å². The molecule has 2 aromatic carbocycles. The average molecular weight is 363 g/mol. The minimum Gasteiger partial charge on any atom is -0.494 e. The largest absolute Gasteiger partial charge is 0.494 e. The van der Waals surface area contributed by atoms with E-state index < -0.39 is 30.1 Å². The van der Waals surface area contributed by atoms with E-state index in [0.29, 0.717) is 19.1 Å². The molecule has 0 unspecified atom stereocenters. The maximum absolute atomic E-state index is 13.4. The topological polar surface area (TPSA) is 64.6 Å². The third-order valence-electron chi connectivity index (χ3n) is 3.35. The molecule has 5 nitrogen and oxygen atoms in total. The first-order valence-corrected chi connectivity index (χ1v) is 8.04. The van der Waals surface area contributed by atoms with Gasteiger partial charge in [-0.1, -0.05) is 12.1 Å². The van der Waals surface area contributed by atoms with E-state index in [4.69, 9.17) is 9.47 Å². The van der Waals surface area contributed by atoms with Crippen molar-refractivity contribution < 1.29 is 27.8 Å². The van der Waals surface area contributed by atoms with Gasteiger partial charge in [-0.2, -0.15) is 0 Å². The molecule has 138 valence electrons. The van der Waals surface area contributed by atoms with Crippen LogP contribution in [0.5, 0.6) is 5.75 Å². The average Bonchev–Trinajstić information content (AvgIpc) is 2.59. The Morgan fingerprint density at radius 2 is 1.92 bits per heavy atom. The van der Waals surface area contributed by atoms with Crippen LogP contribution in [0.15, 0.2) is 42.5 Å². The van der Waals surface area contributed by atoms with Crippen molar-refractivity contribution in [2.45, 2.75) is 19.8 Å². The molecule has 2 rings (SSSR count). The van der Waals surface area contributed by atoms with Crippen LogP contribution in [0.25, 0.3) is 0 Å². The number of aryl methyl sites for hydroxylation is 1. The summed E-state index contributed by atoms with van der Waals surface area (Å²) in [5.41, 5.74) is 0.893. The van der Waals surface area contributed by atoms with Crippen LogP contribution in [0, 0.1) is 18.6 Å². The van der Waals surface area contributed by atoms with E-state index in [9.17, 15) is 18.4 Å². The molecule has 1 amide bonds. The van der Waals surface area contributed by atoms with Crippen molar-refractivity contribution in [1.29, 1.82) is 0 Å². The molecule has 0 saturated carbocycles. The zero-order valence-electron chi connectivity index (χ0n) is 14.3. The number of rotatable bonds is 8. The van der Waals surface area contributed by atoms with E-state index >= 15 is 0 Å². The van der Waals surface area contributed by atoms with E-state index in [1.54, 1.807) is 0 Å². The highest BCUT2D eigenvalue weighted by molar-refractivity contribution is 5.92. The molecule has 0 fully saturated rings. The number of carbonyl (C=O) groups excluding carboxylic acids is 2. The van der Waals surface area contributed by atoms with Crippen LogP contribution in [0.1, 0.15) is 18.4 Å². The molecule has 0 heterocycles. The number of carbonyl (C=O) groups is 2. The molecule has 0 spiro atoms. The number of hydrogen-bond acceptors (Lipinski definition) is 4. The lowest BCUT2D eigenvalue weighted by Crippen LogP contribution is -2.21. The Hall–Kier alpha value is -2.96. The lowest BCUT2D eigenvalue weighted by molar-refractivity contribution is -0.147. The van der Waals surface area contributed by atoms with Gasteiger partial charge in [0.1, 0.15) is 17.4 Å². The predicted octanol–water partition coefficient (Wildman–Crippen LogP) is 3.61. The molecule has 0 atom stereocenters. The molecule has 0 aliphatic heterocycles. The normalized spacial score (nSPS) is 10.3. The smallest absolute Gasteiger partial charge is 0.306 e. The minimum absolute atomic E-state index is 0.0873. The minimum atomic E-state index is -0.905. The van der Waals surface area contributed by atoms with Gasteiger partial charge in [-0.3, -0.25) is 9.59 Å². The van der Waals surface area contributed by atoms with E-state index in [1.807, 2.05) is 31.2 Å². The molecule has 0 aliphatic rings. The summed E-state index contributed by atoms with van der Waals surface area (Å²) < 4.78 is 36.5. The van der Waals surface area contributed by atoms with Crippen LogP contribution in [-0.2, 0) is 14.3 Å². The summed E-state index contributed by atoms with van der Waals surface area (Å²) in [5, 5.41) is 2.20. The Kier molecular flexibility index (Phi) is 7.08. The van der Waals surface area contributed by atoms with E-state index in [2.05, 4.69) is 5.32 Å². The summed E-state index contributed by atoms with van der Waals surface area (Å²) in [5.74, 6) is -2.20. The molecule has 0 aromatic heterocycles. The number of hydrogen-bond donors (Lipinski definition) is 1. The van der Waals surface area contributed by atoms with E-state index in [-0.39, 0.29) is 12.1 Å². The van der Waals surface area contributed by atoms with Crippen LogP contribution in [-0.4, -0.2) is 25.1 Å². The highest BCUT2D eigenvalue weighted by Crippen LogP contribution is 2.15. The number of ether oxygens (including phenoxy) is 2. The number of benzene rings is 2. The Morgan fingerprint density at radius 3 is 2.65 bits per heavy atom. The Bertz CT molecular complexity index is 780. The van der Waals surface area contributed by atoms with Gasteiger partial charge in [0.15, 0.2) is 6.61 Å². The first-order valence-electron chi connectivity index (χ1n) is 8.04. The van der Waals surface area contributed by atoms with Gasteiger partial charge in [0.2, 0.25) is 0 Å². The van der Waals surface area contributed by atoms with E-state index in [1.165, 1.54) is 0 Å². The van der Waals surface area contributed by atoms with Crippen LogP contribution in [0.2, 0.25) is 0 Å². The Morgan fingerprint density at radius 1 is 1.12 bits per heavy atom. The monoisotopic (exact) mass is 363 g/mol.